The van der Waals surface area contributed by atoms with Gasteiger partial charge in [-0.25, -0.2) is 15.0 Å². The molecule has 2 aromatic heterocycles. The Kier molecular flexibility index (Phi) is 9.35. The molecule has 0 spiro atoms. The Labute approximate surface area is 376 Å². The lowest BCUT2D eigenvalue weighted by molar-refractivity contribution is 0.312. The number of aryl methyl sites for hydroxylation is 1. The summed E-state index contributed by atoms with van der Waals surface area (Å²) in [5.74, 6) is 5.24. The Bertz CT molecular complexity index is 2920. The zero-order valence-electron chi connectivity index (χ0n) is 36.1. The predicted octanol–water partition coefficient (Wildman–Crippen LogP) is 14.8. The van der Waals surface area contributed by atoms with Crippen LogP contribution in [-0.4, -0.2) is 15.0 Å². The number of benzene rings is 2. The highest BCUT2D eigenvalue weighted by Crippen LogP contribution is 2.64. The van der Waals surface area contributed by atoms with Crippen LogP contribution in [0.2, 0.25) is 0 Å². The molecule has 8 aliphatic carbocycles. The third-order valence-electron chi connectivity index (χ3n) is 15.9. The summed E-state index contributed by atoms with van der Waals surface area (Å²) in [6.45, 7) is 0. The number of fused-ring (bicyclic) bond motifs is 9. The molecule has 6 atom stereocenters. The number of anilines is 1. The van der Waals surface area contributed by atoms with E-state index >= 15 is 0 Å². The second-order valence-electron chi connectivity index (χ2n) is 19.3. The van der Waals surface area contributed by atoms with Crippen LogP contribution in [0.15, 0.2) is 156 Å². The predicted molar refractivity (Wildman–Crippen MR) is 262 cm³/mol. The molecule has 3 heterocycles. The van der Waals surface area contributed by atoms with Crippen molar-refractivity contribution in [3.63, 3.8) is 0 Å². The number of nitrogens with zero attached hydrogens (tertiary/aromatic N) is 4. The summed E-state index contributed by atoms with van der Waals surface area (Å²) < 4.78 is 1.44. The van der Waals surface area contributed by atoms with Crippen LogP contribution in [0.25, 0.3) is 38.7 Å². The minimum absolute atomic E-state index is 0.319. The molecular weight excluding hydrogens is 785 g/mol. The van der Waals surface area contributed by atoms with E-state index in [9.17, 15) is 0 Å². The fourth-order valence-corrected chi connectivity index (χ4v) is 14.3. The maximum Gasteiger partial charge on any atom is 0.164 e. The summed E-state index contributed by atoms with van der Waals surface area (Å²) in [6, 6.07) is 15.6. The summed E-state index contributed by atoms with van der Waals surface area (Å²) in [4.78, 5) is 20.8. The fourth-order valence-electron chi connectivity index (χ4n) is 13.0. The van der Waals surface area contributed by atoms with Crippen LogP contribution in [0.3, 0.4) is 0 Å². The molecule has 0 saturated heterocycles. The van der Waals surface area contributed by atoms with Gasteiger partial charge in [-0.2, -0.15) is 0 Å². The first-order chi connectivity index (χ1) is 31.2. The van der Waals surface area contributed by atoms with Gasteiger partial charge in [-0.05, 0) is 153 Å². The SMILES string of the molecule is C1=CCCC(C2=CCC(C3CC=CCC3)C(C3CC4CC3C(c3nc(C5=CC=CCC5)nc(-c5ccccc5)n3)=C4N3C4=CC=CCC4c4c3ccc3sc5c(c43)C=CCC5)=C2)=C1. The van der Waals surface area contributed by atoms with Gasteiger partial charge in [0, 0.05) is 49.3 Å². The van der Waals surface area contributed by atoms with E-state index in [4.69, 9.17) is 15.0 Å². The van der Waals surface area contributed by atoms with Crippen LogP contribution in [0, 0.1) is 29.6 Å². The molecule has 63 heavy (non-hydrogen) atoms. The smallest absolute Gasteiger partial charge is 0.164 e. The minimum atomic E-state index is 0.319. The molecule has 4 aromatic rings. The Hall–Kier alpha value is -5.65. The van der Waals surface area contributed by atoms with Crippen LogP contribution < -0.4 is 4.90 Å². The Morgan fingerprint density at radius 2 is 1.46 bits per heavy atom. The number of allylic oxidation sites excluding steroid dienone is 21. The van der Waals surface area contributed by atoms with Crippen molar-refractivity contribution < 1.29 is 0 Å². The zero-order chi connectivity index (χ0) is 41.4. The van der Waals surface area contributed by atoms with Gasteiger partial charge in [0.25, 0.3) is 0 Å². The van der Waals surface area contributed by atoms with Gasteiger partial charge in [-0.1, -0.05) is 121 Å². The van der Waals surface area contributed by atoms with E-state index < -0.39 is 0 Å². The first-order valence-corrected chi connectivity index (χ1v) is 24.8. The topological polar surface area (TPSA) is 41.9 Å². The fraction of sp³-hybridized carbons (Fsp3) is 0.328. The van der Waals surface area contributed by atoms with Crippen molar-refractivity contribution in [2.75, 3.05) is 4.90 Å². The Balaban J connectivity index is 1.03. The molecule has 13 rings (SSSR count). The van der Waals surface area contributed by atoms with Crippen LogP contribution >= 0.6 is 11.3 Å². The van der Waals surface area contributed by atoms with Crippen molar-refractivity contribution in [1.29, 1.82) is 0 Å². The Morgan fingerprint density at radius 1 is 0.651 bits per heavy atom. The maximum absolute atomic E-state index is 5.63. The molecule has 6 unspecified atom stereocenters. The monoisotopic (exact) mass is 838 g/mol. The maximum atomic E-state index is 5.63. The van der Waals surface area contributed by atoms with E-state index in [1.165, 1.54) is 86.3 Å². The second-order valence-corrected chi connectivity index (χ2v) is 20.4. The van der Waals surface area contributed by atoms with Crippen LogP contribution in [-0.2, 0) is 6.42 Å². The third kappa shape index (κ3) is 6.32. The first kappa shape index (κ1) is 37.9. The highest BCUT2D eigenvalue weighted by molar-refractivity contribution is 7.19. The van der Waals surface area contributed by atoms with Gasteiger partial charge in [-0.3, -0.25) is 0 Å². The third-order valence-corrected chi connectivity index (χ3v) is 17.1. The van der Waals surface area contributed by atoms with Crippen molar-refractivity contribution in [1.82, 2.24) is 15.0 Å². The lowest BCUT2D eigenvalue weighted by Gasteiger charge is -2.40. The lowest BCUT2D eigenvalue weighted by Crippen LogP contribution is -2.31. The minimum Gasteiger partial charge on any atom is -0.316 e. The molecule has 4 nitrogen and oxygen atoms in total. The standard InChI is InChI=1S/C58H54N4S/c1-5-17-36(18-6-1)40-29-30-42(37-19-7-2-8-20-37)45(33-40)46-34-41-35-47(46)54(58-60-56(38-21-9-3-10-22-38)59-57(61-58)39-23-11-4-12-24-39)55(41)62-48-27-15-13-25-43(48)52-49(62)31-32-51-53(52)44-26-14-16-28-50(44)63-51/h1-5,7,9-11,13-15,17,21-23,26-27,29,31-33,37,41-43,46-47H,6,8,12,16,18-20,24-25,28,30,34-35H2. The summed E-state index contributed by atoms with van der Waals surface area (Å²) in [7, 11) is 0. The first-order valence-electron chi connectivity index (χ1n) is 24.0. The highest BCUT2D eigenvalue weighted by Gasteiger charge is 2.54. The Morgan fingerprint density at radius 3 is 2.30 bits per heavy atom. The number of rotatable bonds is 7. The molecule has 1 saturated carbocycles. The van der Waals surface area contributed by atoms with Gasteiger partial charge in [0.1, 0.15) is 0 Å². The molecule has 0 radical (unpaired) electrons. The molecule has 2 bridgehead atoms. The average Bonchev–Trinajstić information content (AvgIpc) is 4.14. The molecule has 1 aliphatic heterocycles. The molecule has 1 fully saturated rings. The normalized spacial score (nSPS) is 27.9. The second kappa shape index (κ2) is 15.6. The van der Waals surface area contributed by atoms with E-state index in [1.807, 2.05) is 11.3 Å². The number of aromatic nitrogens is 3. The van der Waals surface area contributed by atoms with Gasteiger partial charge >= 0.3 is 0 Å². The van der Waals surface area contributed by atoms with Crippen molar-refractivity contribution in [2.24, 2.45) is 29.6 Å². The van der Waals surface area contributed by atoms with E-state index in [0.717, 1.165) is 80.8 Å². The molecule has 5 heteroatoms. The molecular formula is C58H54N4S. The summed E-state index contributed by atoms with van der Waals surface area (Å²) in [5.41, 5.74) is 15.6. The number of hydrogen-bond acceptors (Lipinski definition) is 5. The molecule has 0 N–H and O–H groups in total. The van der Waals surface area contributed by atoms with Crippen molar-refractivity contribution in [3.05, 3.63) is 183 Å². The summed E-state index contributed by atoms with van der Waals surface area (Å²) in [5, 5.41) is 1.49. The van der Waals surface area contributed by atoms with Crippen molar-refractivity contribution in [3.8, 4) is 11.4 Å². The van der Waals surface area contributed by atoms with E-state index in [2.05, 4.69) is 139 Å². The van der Waals surface area contributed by atoms with E-state index in [-0.39, 0.29) is 0 Å². The zero-order valence-corrected chi connectivity index (χ0v) is 36.9. The van der Waals surface area contributed by atoms with E-state index in [0.29, 0.717) is 35.5 Å². The average molecular weight is 839 g/mol. The quantitative estimate of drug-likeness (QED) is 0.174. The van der Waals surface area contributed by atoms with Gasteiger partial charge in [-0.15, -0.1) is 11.3 Å². The number of thiophene rings is 1. The van der Waals surface area contributed by atoms with Gasteiger partial charge < -0.3 is 4.90 Å². The van der Waals surface area contributed by atoms with Crippen LogP contribution in [0.1, 0.15) is 111 Å². The van der Waals surface area contributed by atoms with Gasteiger partial charge in [0.2, 0.25) is 0 Å². The van der Waals surface area contributed by atoms with Crippen LogP contribution in [0.4, 0.5) is 5.69 Å². The molecule has 9 aliphatic rings. The van der Waals surface area contributed by atoms with Crippen LogP contribution in [0.5, 0.6) is 0 Å². The molecule has 2 aromatic carbocycles. The largest absolute Gasteiger partial charge is 0.316 e. The summed E-state index contributed by atoms with van der Waals surface area (Å²) >= 11 is 2.02. The molecule has 312 valence electrons. The van der Waals surface area contributed by atoms with Gasteiger partial charge in [0.05, 0.1) is 5.69 Å². The lowest BCUT2D eigenvalue weighted by atomic mass is 9.66. The van der Waals surface area contributed by atoms with Crippen molar-refractivity contribution in [2.45, 2.75) is 89.4 Å². The summed E-state index contributed by atoms with van der Waals surface area (Å²) in [6.07, 6.45) is 50.5. The molecule has 0 amide bonds. The van der Waals surface area contributed by atoms with Gasteiger partial charge in [0.15, 0.2) is 17.5 Å². The van der Waals surface area contributed by atoms with E-state index in [1.54, 1.807) is 10.5 Å². The van der Waals surface area contributed by atoms with Crippen molar-refractivity contribution >= 4 is 44.3 Å². The number of hydrogen-bond donors (Lipinski definition) is 0. The highest BCUT2D eigenvalue weighted by atomic mass is 32.1.